The number of rotatable bonds is 3. The molecule has 1 aliphatic rings. The Labute approximate surface area is 118 Å². The quantitative estimate of drug-likeness (QED) is 0.931. The summed E-state index contributed by atoms with van der Waals surface area (Å²) in [6, 6.07) is 8.49. The van der Waals surface area contributed by atoms with Crippen molar-refractivity contribution in [1.29, 1.82) is 0 Å². The van der Waals surface area contributed by atoms with Crippen molar-refractivity contribution in [3.63, 3.8) is 0 Å². The van der Waals surface area contributed by atoms with Gasteiger partial charge in [0.15, 0.2) is 0 Å². The number of nitrogens with one attached hydrogen (secondary N) is 1. The third-order valence-electron chi connectivity index (χ3n) is 3.50. The standard InChI is InChI=1S/C15H19N3O2/c1-11-17-18-15(20-11)13-6-2-3-7-14(13)16-12-5-4-9-19-10-8-12/h2-3,6-7,12,16H,4-5,8-10H2,1H3. The summed E-state index contributed by atoms with van der Waals surface area (Å²) in [6.07, 6.45) is 3.24. The van der Waals surface area contributed by atoms with Crippen molar-refractivity contribution < 1.29 is 9.15 Å². The van der Waals surface area contributed by atoms with E-state index in [4.69, 9.17) is 9.15 Å². The first-order valence-electron chi connectivity index (χ1n) is 7.07. The van der Waals surface area contributed by atoms with Crippen molar-refractivity contribution >= 4 is 5.69 Å². The molecule has 1 aliphatic heterocycles. The molecular formula is C15H19N3O2. The fourth-order valence-corrected chi connectivity index (χ4v) is 2.47. The summed E-state index contributed by atoms with van der Waals surface area (Å²) in [5.41, 5.74) is 2.00. The molecule has 1 fully saturated rings. The predicted molar refractivity (Wildman–Crippen MR) is 76.6 cm³/mol. The van der Waals surface area contributed by atoms with E-state index in [9.17, 15) is 0 Å². The van der Waals surface area contributed by atoms with Crippen LogP contribution in [0.25, 0.3) is 11.5 Å². The number of anilines is 1. The molecule has 1 aromatic heterocycles. The number of ether oxygens (including phenoxy) is 1. The molecule has 1 saturated heterocycles. The van der Waals surface area contributed by atoms with Gasteiger partial charge in [-0.3, -0.25) is 0 Å². The molecule has 106 valence electrons. The fourth-order valence-electron chi connectivity index (χ4n) is 2.47. The van der Waals surface area contributed by atoms with Crippen molar-refractivity contribution in [3.05, 3.63) is 30.2 Å². The first-order chi connectivity index (χ1) is 9.83. The van der Waals surface area contributed by atoms with Crippen LogP contribution in [0.4, 0.5) is 5.69 Å². The lowest BCUT2D eigenvalue weighted by Gasteiger charge is -2.18. The smallest absolute Gasteiger partial charge is 0.249 e. The van der Waals surface area contributed by atoms with E-state index >= 15 is 0 Å². The Balaban J connectivity index is 1.82. The molecular weight excluding hydrogens is 254 g/mol. The number of aromatic nitrogens is 2. The van der Waals surface area contributed by atoms with Crippen LogP contribution in [0.1, 0.15) is 25.2 Å². The van der Waals surface area contributed by atoms with Crippen molar-refractivity contribution in [2.45, 2.75) is 32.2 Å². The summed E-state index contributed by atoms with van der Waals surface area (Å²) in [6.45, 7) is 3.48. The molecule has 2 heterocycles. The molecule has 0 spiro atoms. The van der Waals surface area contributed by atoms with Gasteiger partial charge in [0.1, 0.15) is 0 Å². The SMILES string of the molecule is Cc1nnc(-c2ccccc2NC2CCCOCC2)o1. The van der Waals surface area contributed by atoms with E-state index in [0.29, 0.717) is 17.8 Å². The molecule has 1 aromatic carbocycles. The van der Waals surface area contributed by atoms with E-state index in [1.807, 2.05) is 18.2 Å². The van der Waals surface area contributed by atoms with Crippen LogP contribution >= 0.6 is 0 Å². The Kier molecular flexibility index (Phi) is 3.97. The fraction of sp³-hybridized carbons (Fsp3) is 0.467. The second-order valence-electron chi connectivity index (χ2n) is 5.06. The van der Waals surface area contributed by atoms with E-state index in [2.05, 4.69) is 21.6 Å². The van der Waals surface area contributed by atoms with Gasteiger partial charge in [0, 0.05) is 31.9 Å². The van der Waals surface area contributed by atoms with Gasteiger partial charge in [-0.1, -0.05) is 12.1 Å². The highest BCUT2D eigenvalue weighted by atomic mass is 16.5. The molecule has 3 rings (SSSR count). The lowest BCUT2D eigenvalue weighted by molar-refractivity contribution is 0.144. The minimum absolute atomic E-state index is 0.433. The van der Waals surface area contributed by atoms with Gasteiger partial charge in [-0.15, -0.1) is 10.2 Å². The van der Waals surface area contributed by atoms with Crippen molar-refractivity contribution in [2.24, 2.45) is 0 Å². The van der Waals surface area contributed by atoms with Gasteiger partial charge in [0.25, 0.3) is 0 Å². The van der Waals surface area contributed by atoms with Gasteiger partial charge in [-0.05, 0) is 31.4 Å². The number of hydrogen-bond donors (Lipinski definition) is 1. The molecule has 0 amide bonds. The van der Waals surface area contributed by atoms with Crippen LogP contribution < -0.4 is 5.32 Å². The van der Waals surface area contributed by atoms with Crippen molar-refractivity contribution in [3.8, 4) is 11.5 Å². The Morgan fingerprint density at radius 2 is 2.05 bits per heavy atom. The Bertz CT molecular complexity index is 560. The van der Waals surface area contributed by atoms with E-state index in [-0.39, 0.29) is 0 Å². The topological polar surface area (TPSA) is 60.2 Å². The molecule has 20 heavy (non-hydrogen) atoms. The molecule has 1 atom stereocenters. The summed E-state index contributed by atoms with van der Waals surface area (Å²) in [5.74, 6) is 1.15. The zero-order chi connectivity index (χ0) is 13.8. The number of benzene rings is 1. The minimum atomic E-state index is 0.433. The summed E-state index contributed by atoms with van der Waals surface area (Å²) >= 11 is 0. The lowest BCUT2D eigenvalue weighted by Crippen LogP contribution is -2.20. The van der Waals surface area contributed by atoms with Crippen molar-refractivity contribution in [2.75, 3.05) is 18.5 Å². The maximum absolute atomic E-state index is 5.54. The van der Waals surface area contributed by atoms with Crippen LogP contribution in [0.2, 0.25) is 0 Å². The number of aryl methyl sites for hydroxylation is 1. The van der Waals surface area contributed by atoms with E-state index in [1.54, 1.807) is 6.92 Å². The maximum Gasteiger partial charge on any atom is 0.249 e. The van der Waals surface area contributed by atoms with Gasteiger partial charge >= 0.3 is 0 Å². The zero-order valence-electron chi connectivity index (χ0n) is 11.6. The highest BCUT2D eigenvalue weighted by Crippen LogP contribution is 2.28. The predicted octanol–water partition coefficient (Wildman–Crippen LogP) is 3.03. The van der Waals surface area contributed by atoms with Gasteiger partial charge in [0.05, 0.1) is 5.56 Å². The highest BCUT2D eigenvalue weighted by Gasteiger charge is 2.16. The van der Waals surface area contributed by atoms with Crippen LogP contribution in [0.3, 0.4) is 0 Å². The molecule has 2 aromatic rings. The molecule has 1 N–H and O–H groups in total. The van der Waals surface area contributed by atoms with E-state index < -0.39 is 0 Å². The van der Waals surface area contributed by atoms with Gasteiger partial charge in [-0.25, -0.2) is 0 Å². The zero-order valence-corrected chi connectivity index (χ0v) is 11.6. The third-order valence-corrected chi connectivity index (χ3v) is 3.50. The van der Waals surface area contributed by atoms with Crippen LogP contribution in [0, 0.1) is 6.92 Å². The maximum atomic E-state index is 5.54. The highest BCUT2D eigenvalue weighted by molar-refractivity contribution is 5.72. The van der Waals surface area contributed by atoms with Crippen LogP contribution in [0.15, 0.2) is 28.7 Å². The van der Waals surface area contributed by atoms with Crippen LogP contribution in [0.5, 0.6) is 0 Å². The Morgan fingerprint density at radius 1 is 1.15 bits per heavy atom. The Hall–Kier alpha value is -1.88. The molecule has 5 nitrogen and oxygen atoms in total. The normalized spacial score (nSPS) is 19.6. The second-order valence-corrected chi connectivity index (χ2v) is 5.06. The first-order valence-corrected chi connectivity index (χ1v) is 7.07. The number of para-hydroxylation sites is 1. The summed E-state index contributed by atoms with van der Waals surface area (Å²) in [7, 11) is 0. The first kappa shape index (κ1) is 13.1. The molecule has 5 heteroatoms. The van der Waals surface area contributed by atoms with E-state index in [0.717, 1.165) is 43.7 Å². The second kappa shape index (κ2) is 6.05. The lowest BCUT2D eigenvalue weighted by atomic mass is 10.1. The minimum Gasteiger partial charge on any atom is -0.421 e. The average molecular weight is 273 g/mol. The molecule has 1 unspecified atom stereocenters. The van der Waals surface area contributed by atoms with Crippen LogP contribution in [-0.2, 0) is 4.74 Å². The van der Waals surface area contributed by atoms with Gasteiger partial charge in [-0.2, -0.15) is 0 Å². The molecule has 0 bridgehead atoms. The number of hydrogen-bond acceptors (Lipinski definition) is 5. The summed E-state index contributed by atoms with van der Waals surface area (Å²) in [5, 5.41) is 11.6. The van der Waals surface area contributed by atoms with Gasteiger partial charge < -0.3 is 14.5 Å². The largest absolute Gasteiger partial charge is 0.421 e. The molecule has 0 radical (unpaired) electrons. The molecule has 0 aliphatic carbocycles. The molecule has 0 saturated carbocycles. The summed E-state index contributed by atoms with van der Waals surface area (Å²) < 4.78 is 11.0. The summed E-state index contributed by atoms with van der Waals surface area (Å²) in [4.78, 5) is 0. The average Bonchev–Trinajstić information content (AvgIpc) is 2.73. The van der Waals surface area contributed by atoms with Crippen molar-refractivity contribution in [1.82, 2.24) is 10.2 Å². The van der Waals surface area contributed by atoms with Gasteiger partial charge in [0.2, 0.25) is 11.8 Å². The monoisotopic (exact) mass is 273 g/mol. The van der Waals surface area contributed by atoms with E-state index in [1.165, 1.54) is 0 Å². The Morgan fingerprint density at radius 3 is 2.90 bits per heavy atom. The van der Waals surface area contributed by atoms with Crippen LogP contribution in [-0.4, -0.2) is 29.5 Å². The third kappa shape index (κ3) is 2.99. The number of nitrogens with zero attached hydrogens (tertiary/aromatic N) is 2.